The Hall–Kier alpha value is -2.85. The fourth-order valence-corrected chi connectivity index (χ4v) is 4.72. The third-order valence-corrected chi connectivity index (χ3v) is 6.33. The van der Waals surface area contributed by atoms with Crippen molar-refractivity contribution in [1.29, 1.82) is 0 Å². The molecule has 0 radical (unpaired) electrons. The summed E-state index contributed by atoms with van der Waals surface area (Å²) in [7, 11) is 0. The van der Waals surface area contributed by atoms with E-state index in [9.17, 15) is 0 Å². The lowest BCUT2D eigenvalue weighted by Crippen LogP contribution is -2.26. The van der Waals surface area contributed by atoms with Gasteiger partial charge in [0.1, 0.15) is 5.01 Å². The number of hydrogen-bond acceptors (Lipinski definition) is 3. The molecule has 4 aromatic rings. The van der Waals surface area contributed by atoms with Crippen LogP contribution in [0, 0.1) is 6.92 Å². The summed E-state index contributed by atoms with van der Waals surface area (Å²) in [5.74, 6) is 0. The number of aromatic nitrogens is 2. The molecular formula is C24H23N3S. The SMILES string of the molecule is Cc1csc(-c2ccc3c(c2)c(N2CC=CCC2)cn3Cc2ccccc2)n1. The molecule has 0 fully saturated rings. The maximum Gasteiger partial charge on any atom is 0.123 e. The van der Waals surface area contributed by atoms with Crippen LogP contribution in [-0.4, -0.2) is 22.6 Å². The van der Waals surface area contributed by atoms with Crippen molar-refractivity contribution in [1.82, 2.24) is 9.55 Å². The van der Waals surface area contributed by atoms with Gasteiger partial charge in [-0.15, -0.1) is 11.3 Å². The average Bonchev–Trinajstić information content (AvgIpc) is 3.33. The first-order valence-electron chi connectivity index (χ1n) is 9.77. The van der Waals surface area contributed by atoms with Gasteiger partial charge in [0.15, 0.2) is 0 Å². The average molecular weight is 386 g/mol. The Balaban J connectivity index is 1.63. The molecule has 0 amide bonds. The van der Waals surface area contributed by atoms with E-state index in [2.05, 4.69) is 88.7 Å². The van der Waals surface area contributed by atoms with E-state index in [0.717, 1.165) is 36.8 Å². The topological polar surface area (TPSA) is 21.1 Å². The molecule has 1 aliphatic rings. The molecule has 0 spiro atoms. The van der Waals surface area contributed by atoms with Crippen molar-refractivity contribution < 1.29 is 0 Å². The van der Waals surface area contributed by atoms with Crippen LogP contribution in [0.1, 0.15) is 17.7 Å². The molecule has 4 heteroatoms. The Morgan fingerprint density at radius 2 is 1.96 bits per heavy atom. The van der Waals surface area contributed by atoms with Crippen molar-refractivity contribution in [3.8, 4) is 10.6 Å². The largest absolute Gasteiger partial charge is 0.366 e. The molecule has 3 nitrogen and oxygen atoms in total. The first-order valence-corrected chi connectivity index (χ1v) is 10.7. The predicted molar refractivity (Wildman–Crippen MR) is 119 cm³/mol. The maximum atomic E-state index is 4.69. The fourth-order valence-electron chi connectivity index (χ4n) is 3.92. The van der Waals surface area contributed by atoms with E-state index in [0.29, 0.717) is 0 Å². The molecule has 0 aliphatic carbocycles. The van der Waals surface area contributed by atoms with Crippen molar-refractivity contribution in [2.45, 2.75) is 19.9 Å². The summed E-state index contributed by atoms with van der Waals surface area (Å²) < 4.78 is 2.38. The van der Waals surface area contributed by atoms with Gasteiger partial charge in [0, 0.05) is 47.9 Å². The third kappa shape index (κ3) is 3.25. The molecule has 5 rings (SSSR count). The van der Waals surface area contributed by atoms with Crippen LogP contribution >= 0.6 is 11.3 Å². The summed E-state index contributed by atoms with van der Waals surface area (Å²) in [6.07, 6.45) is 7.99. The van der Waals surface area contributed by atoms with Gasteiger partial charge in [-0.2, -0.15) is 0 Å². The summed E-state index contributed by atoms with van der Waals surface area (Å²) in [6.45, 7) is 4.99. The number of hydrogen-bond donors (Lipinski definition) is 0. The zero-order valence-electron chi connectivity index (χ0n) is 16.0. The Kier molecular flexibility index (Phi) is 4.49. The van der Waals surface area contributed by atoms with Gasteiger partial charge < -0.3 is 9.47 Å². The minimum Gasteiger partial charge on any atom is -0.366 e. The highest BCUT2D eigenvalue weighted by atomic mass is 32.1. The van der Waals surface area contributed by atoms with E-state index in [-0.39, 0.29) is 0 Å². The van der Waals surface area contributed by atoms with Crippen molar-refractivity contribution in [3.63, 3.8) is 0 Å². The summed E-state index contributed by atoms with van der Waals surface area (Å²) >= 11 is 1.72. The van der Waals surface area contributed by atoms with E-state index >= 15 is 0 Å². The van der Waals surface area contributed by atoms with Crippen molar-refractivity contribution in [2.75, 3.05) is 18.0 Å². The highest BCUT2D eigenvalue weighted by Gasteiger charge is 2.17. The molecule has 0 atom stereocenters. The molecule has 3 heterocycles. The second kappa shape index (κ2) is 7.28. The summed E-state index contributed by atoms with van der Waals surface area (Å²) in [5.41, 5.74) is 6.22. The zero-order valence-corrected chi connectivity index (χ0v) is 16.8. The number of aryl methyl sites for hydroxylation is 1. The third-order valence-electron chi connectivity index (χ3n) is 5.32. The van der Waals surface area contributed by atoms with Crippen LogP contribution < -0.4 is 4.90 Å². The van der Waals surface area contributed by atoms with Gasteiger partial charge >= 0.3 is 0 Å². The summed E-state index contributed by atoms with van der Waals surface area (Å²) in [4.78, 5) is 7.18. The smallest absolute Gasteiger partial charge is 0.123 e. The lowest BCUT2D eigenvalue weighted by molar-refractivity contribution is 0.804. The van der Waals surface area contributed by atoms with Crippen LogP contribution in [0.5, 0.6) is 0 Å². The van der Waals surface area contributed by atoms with Crippen molar-refractivity contribution in [3.05, 3.63) is 83.5 Å². The van der Waals surface area contributed by atoms with Gasteiger partial charge in [0.25, 0.3) is 0 Å². The number of fused-ring (bicyclic) bond motifs is 1. The quantitative estimate of drug-likeness (QED) is 0.409. The van der Waals surface area contributed by atoms with Crippen LogP contribution in [0.25, 0.3) is 21.5 Å². The van der Waals surface area contributed by atoms with Crippen LogP contribution in [-0.2, 0) is 6.54 Å². The molecule has 0 saturated carbocycles. The molecular weight excluding hydrogens is 362 g/mol. The van der Waals surface area contributed by atoms with Crippen LogP contribution in [0.4, 0.5) is 5.69 Å². The zero-order chi connectivity index (χ0) is 18.9. The molecule has 2 aromatic carbocycles. The lowest BCUT2D eigenvalue weighted by atomic mass is 10.1. The minimum absolute atomic E-state index is 0.886. The molecule has 0 bridgehead atoms. The van der Waals surface area contributed by atoms with Crippen LogP contribution in [0.3, 0.4) is 0 Å². The standard InChI is InChI=1S/C24H23N3S/c1-18-17-28-24(25-18)20-10-11-22-21(14-20)23(26-12-6-3-7-13-26)16-27(22)15-19-8-4-2-5-9-19/h2-6,8-11,14,16-17H,7,12-13,15H2,1H3. The number of thiazole rings is 1. The maximum absolute atomic E-state index is 4.69. The van der Waals surface area contributed by atoms with Crippen LogP contribution in [0.15, 0.2) is 72.3 Å². The Labute approximate surface area is 169 Å². The van der Waals surface area contributed by atoms with Gasteiger partial charge in [-0.1, -0.05) is 42.5 Å². The second-order valence-electron chi connectivity index (χ2n) is 7.36. The van der Waals surface area contributed by atoms with E-state index in [1.807, 2.05) is 0 Å². The fraction of sp³-hybridized carbons (Fsp3) is 0.208. The minimum atomic E-state index is 0.886. The first-order chi connectivity index (χ1) is 13.8. The molecule has 140 valence electrons. The van der Waals surface area contributed by atoms with Gasteiger partial charge in [-0.25, -0.2) is 4.98 Å². The monoisotopic (exact) mass is 385 g/mol. The molecule has 28 heavy (non-hydrogen) atoms. The van der Waals surface area contributed by atoms with Gasteiger partial charge in [0.05, 0.1) is 11.2 Å². The van der Waals surface area contributed by atoms with E-state index in [1.54, 1.807) is 11.3 Å². The van der Waals surface area contributed by atoms with Gasteiger partial charge in [-0.05, 0) is 37.1 Å². The molecule has 2 aromatic heterocycles. The molecule has 0 N–H and O–H groups in total. The lowest BCUT2D eigenvalue weighted by Gasteiger charge is -2.24. The summed E-state index contributed by atoms with van der Waals surface area (Å²) in [6, 6.07) is 17.5. The van der Waals surface area contributed by atoms with Crippen molar-refractivity contribution in [2.24, 2.45) is 0 Å². The number of rotatable bonds is 4. The van der Waals surface area contributed by atoms with E-state index < -0.39 is 0 Å². The predicted octanol–water partition coefficient (Wildman–Crippen LogP) is 5.89. The van der Waals surface area contributed by atoms with Gasteiger partial charge in [0.2, 0.25) is 0 Å². The normalized spacial score (nSPS) is 14.1. The Bertz CT molecular complexity index is 1140. The summed E-state index contributed by atoms with van der Waals surface area (Å²) in [5, 5.41) is 4.53. The highest BCUT2D eigenvalue weighted by Crippen LogP contribution is 2.35. The highest BCUT2D eigenvalue weighted by molar-refractivity contribution is 7.13. The van der Waals surface area contributed by atoms with E-state index in [1.165, 1.54) is 27.7 Å². The van der Waals surface area contributed by atoms with E-state index in [4.69, 9.17) is 4.98 Å². The first kappa shape index (κ1) is 17.3. The Morgan fingerprint density at radius 3 is 2.71 bits per heavy atom. The van der Waals surface area contributed by atoms with Crippen molar-refractivity contribution >= 4 is 27.9 Å². The number of nitrogens with zero attached hydrogens (tertiary/aromatic N) is 3. The van der Waals surface area contributed by atoms with Gasteiger partial charge in [-0.3, -0.25) is 0 Å². The Morgan fingerprint density at radius 1 is 1.07 bits per heavy atom. The molecule has 1 aliphatic heterocycles. The number of benzene rings is 2. The second-order valence-corrected chi connectivity index (χ2v) is 8.22. The molecule has 0 unspecified atom stereocenters. The molecule has 0 saturated heterocycles. The van der Waals surface area contributed by atoms with Crippen LogP contribution in [0.2, 0.25) is 0 Å². The number of anilines is 1.